The van der Waals surface area contributed by atoms with Crippen LogP contribution in [0.25, 0.3) is 11.1 Å². The molecule has 0 aliphatic heterocycles. The average Bonchev–Trinajstić information content (AvgIpc) is 2.78. The molecule has 6 heteroatoms. The smallest absolute Gasteiger partial charge is 0.415 e. The van der Waals surface area contributed by atoms with Crippen molar-refractivity contribution in [2.45, 2.75) is 53.7 Å². The summed E-state index contributed by atoms with van der Waals surface area (Å²) < 4.78 is 17.0. The molecule has 0 aliphatic carbocycles. The lowest BCUT2D eigenvalue weighted by Crippen LogP contribution is -2.37. The van der Waals surface area contributed by atoms with Crippen molar-refractivity contribution in [3.05, 3.63) is 71.0 Å². The SMILES string of the molecule is COc1ccc(-c2ccccc2C)cc1N(Cc1ncc(C)c(OC)c1C)C(=O)OC(C)(C)C. The molecule has 2 aromatic carbocycles. The van der Waals surface area contributed by atoms with Gasteiger partial charge in [-0.1, -0.05) is 30.3 Å². The van der Waals surface area contributed by atoms with Crippen molar-refractivity contribution in [2.24, 2.45) is 0 Å². The van der Waals surface area contributed by atoms with Crippen LogP contribution in [-0.2, 0) is 11.3 Å². The Labute approximate surface area is 202 Å². The number of nitrogens with zero attached hydrogens (tertiary/aromatic N) is 2. The highest BCUT2D eigenvalue weighted by molar-refractivity contribution is 5.91. The molecule has 1 aromatic heterocycles. The Morgan fingerprint density at radius 2 is 1.68 bits per heavy atom. The van der Waals surface area contributed by atoms with E-state index in [4.69, 9.17) is 14.2 Å². The van der Waals surface area contributed by atoms with Crippen molar-refractivity contribution < 1.29 is 19.0 Å². The van der Waals surface area contributed by atoms with Gasteiger partial charge >= 0.3 is 6.09 Å². The molecule has 0 saturated heterocycles. The van der Waals surface area contributed by atoms with Crippen LogP contribution in [0.3, 0.4) is 0 Å². The molecule has 0 unspecified atom stereocenters. The fraction of sp³-hybridized carbons (Fsp3) is 0.357. The molecule has 1 amide bonds. The number of benzene rings is 2. The minimum Gasteiger partial charge on any atom is -0.496 e. The molecule has 3 rings (SSSR count). The van der Waals surface area contributed by atoms with E-state index in [1.807, 2.05) is 65.0 Å². The van der Waals surface area contributed by atoms with Gasteiger partial charge in [-0.2, -0.15) is 0 Å². The summed E-state index contributed by atoms with van der Waals surface area (Å²) in [6, 6.07) is 14.0. The Kier molecular flexibility index (Phi) is 7.50. The number of amides is 1. The second-order valence-corrected chi connectivity index (χ2v) is 9.31. The summed E-state index contributed by atoms with van der Waals surface area (Å²) in [5.41, 5.74) is 5.69. The molecule has 0 radical (unpaired) electrons. The van der Waals surface area contributed by atoms with Gasteiger partial charge in [-0.05, 0) is 70.4 Å². The van der Waals surface area contributed by atoms with Crippen LogP contribution in [0.15, 0.2) is 48.7 Å². The number of carbonyl (C=O) groups excluding carboxylic acids is 1. The predicted octanol–water partition coefficient (Wildman–Crippen LogP) is 6.63. The van der Waals surface area contributed by atoms with Gasteiger partial charge in [0.05, 0.1) is 32.1 Å². The lowest BCUT2D eigenvalue weighted by atomic mass is 9.99. The molecule has 0 N–H and O–H groups in total. The number of hydrogen-bond donors (Lipinski definition) is 0. The molecular formula is C28H34N2O4. The second kappa shape index (κ2) is 10.2. The zero-order valence-electron chi connectivity index (χ0n) is 21.4. The Bertz CT molecular complexity index is 1180. The predicted molar refractivity (Wildman–Crippen MR) is 136 cm³/mol. The van der Waals surface area contributed by atoms with Gasteiger partial charge in [0.15, 0.2) is 0 Å². The lowest BCUT2D eigenvalue weighted by Gasteiger charge is -2.29. The molecule has 180 valence electrons. The largest absolute Gasteiger partial charge is 0.496 e. The fourth-order valence-electron chi connectivity index (χ4n) is 3.91. The van der Waals surface area contributed by atoms with Crippen LogP contribution in [0.5, 0.6) is 11.5 Å². The number of carbonyl (C=O) groups is 1. The van der Waals surface area contributed by atoms with Crippen molar-refractivity contribution >= 4 is 11.8 Å². The van der Waals surface area contributed by atoms with Crippen LogP contribution < -0.4 is 14.4 Å². The number of aryl methyl sites for hydroxylation is 2. The van der Waals surface area contributed by atoms with Crippen molar-refractivity contribution in [2.75, 3.05) is 19.1 Å². The summed E-state index contributed by atoms with van der Waals surface area (Å²) in [5, 5.41) is 0. The van der Waals surface area contributed by atoms with Crippen LogP contribution in [0, 0.1) is 20.8 Å². The van der Waals surface area contributed by atoms with Crippen LogP contribution in [0.2, 0.25) is 0 Å². The number of aromatic nitrogens is 1. The molecule has 0 atom stereocenters. The van der Waals surface area contributed by atoms with Gasteiger partial charge in [0.25, 0.3) is 0 Å². The van der Waals surface area contributed by atoms with Gasteiger partial charge < -0.3 is 14.2 Å². The minimum atomic E-state index is -0.663. The van der Waals surface area contributed by atoms with E-state index in [9.17, 15) is 4.79 Å². The van der Waals surface area contributed by atoms with Gasteiger partial charge in [0, 0.05) is 17.3 Å². The Hall–Kier alpha value is -3.54. The van der Waals surface area contributed by atoms with Crippen molar-refractivity contribution in [1.82, 2.24) is 4.98 Å². The van der Waals surface area contributed by atoms with Gasteiger partial charge in [0.1, 0.15) is 17.1 Å². The molecule has 1 heterocycles. The van der Waals surface area contributed by atoms with Gasteiger partial charge in [0.2, 0.25) is 0 Å². The Morgan fingerprint density at radius 3 is 2.29 bits per heavy atom. The first-order valence-corrected chi connectivity index (χ1v) is 11.3. The Balaban J connectivity index is 2.16. The van der Waals surface area contributed by atoms with Crippen molar-refractivity contribution in [1.29, 1.82) is 0 Å². The average molecular weight is 463 g/mol. The zero-order chi connectivity index (χ0) is 25.0. The summed E-state index contributed by atoms with van der Waals surface area (Å²) >= 11 is 0. The molecule has 0 aliphatic rings. The topological polar surface area (TPSA) is 60.9 Å². The Morgan fingerprint density at radius 1 is 0.971 bits per heavy atom. The second-order valence-electron chi connectivity index (χ2n) is 9.31. The summed E-state index contributed by atoms with van der Waals surface area (Å²) in [6.45, 7) is 11.7. The van der Waals surface area contributed by atoms with Gasteiger partial charge in [-0.15, -0.1) is 0 Å². The summed E-state index contributed by atoms with van der Waals surface area (Å²) in [7, 11) is 3.23. The first kappa shape index (κ1) is 25.1. The third-order valence-corrected chi connectivity index (χ3v) is 5.60. The molecular weight excluding hydrogens is 428 g/mol. The molecule has 0 saturated carbocycles. The van der Waals surface area contributed by atoms with Gasteiger partial charge in [-0.3, -0.25) is 9.88 Å². The standard InChI is InChI=1S/C28H34N2O4/c1-18-11-9-10-12-22(18)21-13-14-25(32-7)24(15-21)30(27(31)34-28(4,5)6)17-23-20(3)26(33-8)19(2)16-29-23/h9-16H,17H2,1-8H3. The number of pyridine rings is 1. The molecule has 0 bridgehead atoms. The van der Waals surface area contributed by atoms with Crippen molar-refractivity contribution in [3.8, 4) is 22.6 Å². The van der Waals surface area contributed by atoms with Crippen LogP contribution in [-0.4, -0.2) is 30.9 Å². The highest BCUT2D eigenvalue weighted by Crippen LogP contribution is 2.37. The summed E-state index contributed by atoms with van der Waals surface area (Å²) in [5.74, 6) is 1.33. The lowest BCUT2D eigenvalue weighted by molar-refractivity contribution is 0.0576. The van der Waals surface area contributed by atoms with Crippen LogP contribution in [0.4, 0.5) is 10.5 Å². The number of hydrogen-bond acceptors (Lipinski definition) is 5. The van der Waals surface area contributed by atoms with E-state index < -0.39 is 11.7 Å². The number of rotatable bonds is 6. The highest BCUT2D eigenvalue weighted by Gasteiger charge is 2.28. The third-order valence-electron chi connectivity index (χ3n) is 5.60. The van der Waals surface area contributed by atoms with E-state index in [1.165, 1.54) is 0 Å². The molecule has 0 spiro atoms. The maximum absolute atomic E-state index is 13.5. The first-order valence-electron chi connectivity index (χ1n) is 11.3. The van der Waals surface area contributed by atoms with E-state index in [0.717, 1.165) is 39.3 Å². The quantitative estimate of drug-likeness (QED) is 0.411. The van der Waals surface area contributed by atoms with E-state index in [0.29, 0.717) is 11.4 Å². The van der Waals surface area contributed by atoms with Crippen molar-refractivity contribution in [3.63, 3.8) is 0 Å². The maximum atomic E-state index is 13.5. The minimum absolute atomic E-state index is 0.199. The maximum Gasteiger partial charge on any atom is 0.415 e. The number of methoxy groups -OCH3 is 2. The molecule has 34 heavy (non-hydrogen) atoms. The van der Waals surface area contributed by atoms with E-state index >= 15 is 0 Å². The van der Waals surface area contributed by atoms with E-state index in [2.05, 4.69) is 24.0 Å². The monoisotopic (exact) mass is 462 g/mol. The third kappa shape index (κ3) is 5.50. The molecule has 6 nitrogen and oxygen atoms in total. The van der Waals surface area contributed by atoms with Crippen LogP contribution in [0.1, 0.15) is 43.2 Å². The van der Waals surface area contributed by atoms with E-state index in [-0.39, 0.29) is 6.54 Å². The highest BCUT2D eigenvalue weighted by atomic mass is 16.6. The zero-order valence-corrected chi connectivity index (χ0v) is 21.4. The molecule has 3 aromatic rings. The number of anilines is 1. The van der Waals surface area contributed by atoms with E-state index in [1.54, 1.807) is 25.3 Å². The summed E-state index contributed by atoms with van der Waals surface area (Å²) in [4.78, 5) is 19.7. The molecule has 0 fully saturated rings. The van der Waals surface area contributed by atoms with Crippen LogP contribution >= 0.6 is 0 Å². The first-order chi connectivity index (χ1) is 16.1. The fourth-order valence-corrected chi connectivity index (χ4v) is 3.91. The number of ether oxygens (including phenoxy) is 3. The summed E-state index contributed by atoms with van der Waals surface area (Å²) in [6.07, 6.45) is 1.28. The van der Waals surface area contributed by atoms with Gasteiger partial charge in [-0.25, -0.2) is 4.79 Å². The normalized spacial score (nSPS) is 11.2.